The predicted octanol–water partition coefficient (Wildman–Crippen LogP) is 9.01. The van der Waals surface area contributed by atoms with Gasteiger partial charge in [-0.25, -0.2) is 14.4 Å². The Balaban J connectivity index is 1.45. The fraction of sp³-hybridized carbons (Fsp3) is 0.484. The highest BCUT2D eigenvalue weighted by Gasteiger charge is 2.07. The molecule has 35 heavy (non-hydrogen) atoms. The molecule has 0 radical (unpaired) electrons. The second-order valence-corrected chi connectivity index (χ2v) is 9.44. The van der Waals surface area contributed by atoms with Gasteiger partial charge in [-0.15, -0.1) is 0 Å². The van der Waals surface area contributed by atoms with E-state index in [1.165, 1.54) is 56.9 Å². The molecule has 0 saturated carbocycles. The molecule has 0 saturated heterocycles. The van der Waals surface area contributed by atoms with Gasteiger partial charge in [-0.2, -0.15) is 0 Å². The lowest BCUT2D eigenvalue weighted by Crippen LogP contribution is -2.12. The van der Waals surface area contributed by atoms with E-state index in [4.69, 9.17) is 4.74 Å². The molecule has 0 bridgehead atoms. The molecule has 0 aliphatic heterocycles. The van der Waals surface area contributed by atoms with Crippen LogP contribution in [0, 0.1) is 0 Å². The van der Waals surface area contributed by atoms with E-state index in [9.17, 15) is 4.39 Å². The van der Waals surface area contributed by atoms with Crippen molar-refractivity contribution in [3.8, 4) is 28.3 Å². The lowest BCUT2D eigenvalue weighted by Gasteiger charge is -2.10. The molecule has 3 rings (SSSR count). The molecule has 3 aromatic rings. The lowest BCUT2D eigenvalue weighted by molar-refractivity contribution is 0.186. The minimum atomic E-state index is -0.922. The van der Waals surface area contributed by atoms with Gasteiger partial charge in [0.25, 0.3) is 0 Å². The molecular weight excluding hydrogens is 435 g/mol. The van der Waals surface area contributed by atoms with Gasteiger partial charge in [0.1, 0.15) is 18.5 Å². The Morgan fingerprint density at radius 3 is 1.91 bits per heavy atom. The van der Waals surface area contributed by atoms with Gasteiger partial charge in [0.15, 0.2) is 5.82 Å². The average Bonchev–Trinajstić information content (AvgIpc) is 2.90. The monoisotopic (exact) mass is 476 g/mol. The van der Waals surface area contributed by atoms with Crippen LogP contribution in [0.25, 0.3) is 22.5 Å². The molecule has 0 N–H and O–H groups in total. The van der Waals surface area contributed by atoms with E-state index in [0.29, 0.717) is 18.0 Å². The van der Waals surface area contributed by atoms with Crippen molar-refractivity contribution in [3.63, 3.8) is 0 Å². The van der Waals surface area contributed by atoms with Crippen molar-refractivity contribution in [3.05, 3.63) is 66.5 Å². The van der Waals surface area contributed by atoms with Gasteiger partial charge in [0, 0.05) is 23.5 Å². The number of nitrogens with zero attached hydrogens (tertiary/aromatic N) is 2. The van der Waals surface area contributed by atoms with Gasteiger partial charge >= 0.3 is 0 Å². The van der Waals surface area contributed by atoms with Gasteiger partial charge in [0.2, 0.25) is 0 Å². The van der Waals surface area contributed by atoms with Crippen LogP contribution in [-0.4, -0.2) is 22.7 Å². The zero-order chi connectivity index (χ0) is 24.7. The summed E-state index contributed by atoms with van der Waals surface area (Å²) in [5.74, 6) is 1.33. The zero-order valence-corrected chi connectivity index (χ0v) is 21.5. The highest BCUT2D eigenvalue weighted by atomic mass is 19.1. The van der Waals surface area contributed by atoms with E-state index >= 15 is 0 Å². The van der Waals surface area contributed by atoms with Crippen LogP contribution in [0.3, 0.4) is 0 Å². The summed E-state index contributed by atoms with van der Waals surface area (Å²) in [7, 11) is 0. The summed E-state index contributed by atoms with van der Waals surface area (Å²) in [5.41, 5.74) is 4.45. The standard InChI is InChI=1S/C31H41FN2O/c1-3-5-6-7-8-9-10-11-13-25-14-16-26(17-15-25)28-22-33-31(34-23-28)27-18-20-30(21-19-27)35-24-29(32)12-4-2/h14-23,29H,3-13,24H2,1-2H3. The minimum absolute atomic E-state index is 0.0936. The quantitative estimate of drug-likeness (QED) is 0.193. The largest absolute Gasteiger partial charge is 0.491 e. The molecule has 1 heterocycles. The molecule has 2 aromatic carbocycles. The Labute approximate surface area is 211 Å². The van der Waals surface area contributed by atoms with E-state index in [1.54, 1.807) is 0 Å². The van der Waals surface area contributed by atoms with Crippen molar-refractivity contribution in [2.45, 2.75) is 90.6 Å². The van der Waals surface area contributed by atoms with E-state index < -0.39 is 6.17 Å². The van der Waals surface area contributed by atoms with Crippen molar-refractivity contribution >= 4 is 0 Å². The van der Waals surface area contributed by atoms with E-state index in [0.717, 1.165) is 29.5 Å². The van der Waals surface area contributed by atoms with Gasteiger partial charge in [0.05, 0.1) is 0 Å². The van der Waals surface area contributed by atoms with Crippen LogP contribution < -0.4 is 4.74 Å². The number of unbranched alkanes of at least 4 members (excludes halogenated alkanes) is 7. The number of benzene rings is 2. The number of hydrogen-bond acceptors (Lipinski definition) is 3. The van der Waals surface area contributed by atoms with Crippen LogP contribution in [0.4, 0.5) is 4.39 Å². The Morgan fingerprint density at radius 1 is 0.686 bits per heavy atom. The van der Waals surface area contributed by atoms with Crippen LogP contribution in [0.2, 0.25) is 0 Å². The summed E-state index contributed by atoms with van der Waals surface area (Å²) >= 11 is 0. The molecule has 0 spiro atoms. The molecule has 0 aliphatic carbocycles. The van der Waals surface area contributed by atoms with Gasteiger partial charge in [-0.3, -0.25) is 0 Å². The highest BCUT2D eigenvalue weighted by molar-refractivity contribution is 5.64. The van der Waals surface area contributed by atoms with Gasteiger partial charge in [-0.05, 0) is 54.7 Å². The predicted molar refractivity (Wildman–Crippen MR) is 145 cm³/mol. The first kappa shape index (κ1) is 26.8. The fourth-order valence-electron chi connectivity index (χ4n) is 4.24. The first-order valence-corrected chi connectivity index (χ1v) is 13.5. The third-order valence-electron chi connectivity index (χ3n) is 6.40. The molecule has 1 atom stereocenters. The Bertz CT molecular complexity index is 955. The number of rotatable bonds is 16. The van der Waals surface area contributed by atoms with Crippen molar-refractivity contribution in [2.24, 2.45) is 0 Å². The molecular formula is C31H41FN2O. The van der Waals surface area contributed by atoms with Crippen LogP contribution in [0.15, 0.2) is 60.9 Å². The second kappa shape index (κ2) is 15.3. The molecule has 1 aromatic heterocycles. The maximum Gasteiger partial charge on any atom is 0.159 e. The van der Waals surface area contributed by atoms with Crippen LogP contribution in [-0.2, 0) is 6.42 Å². The zero-order valence-electron chi connectivity index (χ0n) is 21.5. The summed E-state index contributed by atoms with van der Waals surface area (Å²) in [5, 5.41) is 0. The SMILES string of the molecule is CCCCCCCCCCc1ccc(-c2cnc(-c3ccc(OCC(F)CCC)cc3)nc2)cc1. The average molecular weight is 477 g/mol. The molecule has 0 aliphatic rings. The van der Waals surface area contributed by atoms with Crippen molar-refractivity contribution in [2.75, 3.05) is 6.61 Å². The van der Waals surface area contributed by atoms with E-state index in [-0.39, 0.29) is 6.61 Å². The van der Waals surface area contributed by atoms with Crippen molar-refractivity contribution in [1.29, 1.82) is 0 Å². The van der Waals surface area contributed by atoms with Gasteiger partial charge < -0.3 is 4.74 Å². The first-order valence-electron chi connectivity index (χ1n) is 13.5. The topological polar surface area (TPSA) is 35.0 Å². The summed E-state index contributed by atoms with van der Waals surface area (Å²) in [6.45, 7) is 4.33. The van der Waals surface area contributed by atoms with Crippen LogP contribution >= 0.6 is 0 Å². The van der Waals surface area contributed by atoms with E-state index in [1.807, 2.05) is 43.6 Å². The smallest absolute Gasteiger partial charge is 0.159 e. The van der Waals surface area contributed by atoms with Crippen molar-refractivity contribution < 1.29 is 9.13 Å². The number of alkyl halides is 1. The lowest BCUT2D eigenvalue weighted by atomic mass is 10.0. The summed E-state index contributed by atoms with van der Waals surface area (Å²) in [4.78, 5) is 9.12. The maximum atomic E-state index is 13.6. The molecule has 3 nitrogen and oxygen atoms in total. The number of hydrogen-bond donors (Lipinski definition) is 0. The summed E-state index contributed by atoms with van der Waals surface area (Å²) in [6, 6.07) is 16.3. The Hall–Kier alpha value is -2.75. The third-order valence-corrected chi connectivity index (χ3v) is 6.40. The van der Waals surface area contributed by atoms with Gasteiger partial charge in [-0.1, -0.05) is 89.5 Å². The normalized spacial score (nSPS) is 12.0. The van der Waals surface area contributed by atoms with Crippen molar-refractivity contribution in [1.82, 2.24) is 9.97 Å². The first-order chi connectivity index (χ1) is 17.2. The molecule has 0 amide bonds. The van der Waals surface area contributed by atoms with Crippen LogP contribution in [0.5, 0.6) is 5.75 Å². The number of ether oxygens (including phenoxy) is 1. The molecule has 0 fully saturated rings. The Kier molecular flexibility index (Phi) is 11.7. The van der Waals surface area contributed by atoms with E-state index in [2.05, 4.69) is 41.2 Å². The molecule has 188 valence electrons. The number of halogens is 1. The summed E-state index contributed by atoms with van der Waals surface area (Å²) < 4.78 is 19.2. The van der Waals surface area contributed by atoms with Crippen LogP contribution in [0.1, 0.15) is 83.6 Å². The number of aryl methyl sites for hydroxylation is 1. The third kappa shape index (κ3) is 9.43. The maximum absolute atomic E-state index is 13.6. The molecule has 4 heteroatoms. The second-order valence-electron chi connectivity index (χ2n) is 9.44. The fourth-order valence-corrected chi connectivity index (χ4v) is 4.24. The molecule has 1 unspecified atom stereocenters. The Morgan fingerprint density at radius 2 is 1.29 bits per heavy atom. The minimum Gasteiger partial charge on any atom is -0.491 e. The summed E-state index contributed by atoms with van der Waals surface area (Å²) in [6.07, 6.45) is 16.1. The number of aromatic nitrogens is 2. The highest BCUT2D eigenvalue weighted by Crippen LogP contribution is 2.23.